The summed E-state index contributed by atoms with van der Waals surface area (Å²) in [6, 6.07) is 7.70. The van der Waals surface area contributed by atoms with Gasteiger partial charge in [-0.1, -0.05) is 19.9 Å². The molecule has 1 fully saturated rings. The SMILES string of the molecule is CC(C)C1(N)CN(C(=O)c2cccc(N(C)C)c2)C1. The summed E-state index contributed by atoms with van der Waals surface area (Å²) in [5, 5.41) is 0. The Kier molecular flexibility index (Phi) is 3.54. The molecule has 0 radical (unpaired) electrons. The van der Waals surface area contributed by atoms with E-state index in [-0.39, 0.29) is 11.4 Å². The van der Waals surface area contributed by atoms with E-state index < -0.39 is 0 Å². The first kappa shape index (κ1) is 13.9. The zero-order valence-corrected chi connectivity index (χ0v) is 12.2. The number of nitrogens with zero attached hydrogens (tertiary/aromatic N) is 2. The minimum Gasteiger partial charge on any atom is -0.378 e. The maximum Gasteiger partial charge on any atom is 0.254 e. The minimum absolute atomic E-state index is 0.0745. The van der Waals surface area contributed by atoms with Gasteiger partial charge in [0.15, 0.2) is 0 Å². The van der Waals surface area contributed by atoms with E-state index in [1.54, 1.807) is 0 Å². The third kappa shape index (κ3) is 2.59. The van der Waals surface area contributed by atoms with Gasteiger partial charge in [0.05, 0.1) is 5.54 Å². The van der Waals surface area contributed by atoms with Crippen LogP contribution in [0.3, 0.4) is 0 Å². The Labute approximate surface area is 115 Å². The summed E-state index contributed by atoms with van der Waals surface area (Å²) in [6.45, 7) is 5.51. The van der Waals surface area contributed by atoms with E-state index in [1.807, 2.05) is 48.2 Å². The highest BCUT2D eigenvalue weighted by Crippen LogP contribution is 2.28. The van der Waals surface area contributed by atoms with E-state index >= 15 is 0 Å². The van der Waals surface area contributed by atoms with Crippen LogP contribution in [0.5, 0.6) is 0 Å². The van der Waals surface area contributed by atoms with Gasteiger partial charge in [-0.25, -0.2) is 0 Å². The third-order valence-electron chi connectivity index (χ3n) is 4.02. The molecular formula is C15H23N3O. The van der Waals surface area contributed by atoms with Crippen molar-refractivity contribution in [2.24, 2.45) is 11.7 Å². The first-order chi connectivity index (χ1) is 8.83. The van der Waals surface area contributed by atoms with Crippen molar-refractivity contribution >= 4 is 11.6 Å². The van der Waals surface area contributed by atoms with Crippen molar-refractivity contribution in [1.29, 1.82) is 0 Å². The number of benzene rings is 1. The molecule has 0 aromatic heterocycles. The lowest BCUT2D eigenvalue weighted by atomic mass is 9.80. The summed E-state index contributed by atoms with van der Waals surface area (Å²) in [7, 11) is 3.94. The molecule has 1 amide bonds. The van der Waals surface area contributed by atoms with Crippen molar-refractivity contribution in [2.75, 3.05) is 32.1 Å². The van der Waals surface area contributed by atoms with Crippen molar-refractivity contribution in [3.05, 3.63) is 29.8 Å². The standard InChI is InChI=1S/C15H23N3O/c1-11(2)15(16)9-18(10-15)14(19)12-6-5-7-13(8-12)17(3)4/h5-8,11H,9-10,16H2,1-4H3. The second kappa shape index (κ2) is 4.85. The highest BCUT2D eigenvalue weighted by molar-refractivity contribution is 5.95. The Balaban J connectivity index is 2.08. The molecule has 0 bridgehead atoms. The number of nitrogens with two attached hydrogens (primary N) is 1. The van der Waals surface area contributed by atoms with E-state index in [1.165, 1.54) is 0 Å². The molecule has 19 heavy (non-hydrogen) atoms. The predicted molar refractivity (Wildman–Crippen MR) is 78.4 cm³/mol. The molecule has 1 aliphatic rings. The van der Waals surface area contributed by atoms with Crippen LogP contribution in [0.25, 0.3) is 0 Å². The number of carbonyl (C=O) groups excluding carboxylic acids is 1. The molecule has 1 aromatic rings. The van der Waals surface area contributed by atoms with Crippen molar-refractivity contribution in [2.45, 2.75) is 19.4 Å². The number of likely N-dealkylation sites (tertiary alicyclic amines) is 1. The molecule has 104 valence electrons. The maximum absolute atomic E-state index is 12.4. The number of rotatable bonds is 3. The van der Waals surface area contributed by atoms with E-state index in [2.05, 4.69) is 13.8 Å². The minimum atomic E-state index is -0.213. The topological polar surface area (TPSA) is 49.6 Å². The molecule has 0 atom stereocenters. The van der Waals surface area contributed by atoms with E-state index in [9.17, 15) is 4.79 Å². The smallest absolute Gasteiger partial charge is 0.254 e. The van der Waals surface area contributed by atoms with Crippen molar-refractivity contribution in [3.63, 3.8) is 0 Å². The first-order valence-electron chi connectivity index (χ1n) is 6.69. The van der Waals surface area contributed by atoms with Crippen LogP contribution in [-0.2, 0) is 0 Å². The highest BCUT2D eigenvalue weighted by Gasteiger charge is 2.44. The molecular weight excluding hydrogens is 238 g/mol. The van der Waals surface area contributed by atoms with Gasteiger partial charge in [-0.15, -0.1) is 0 Å². The van der Waals surface area contributed by atoms with Crippen LogP contribution in [0, 0.1) is 5.92 Å². The number of anilines is 1. The van der Waals surface area contributed by atoms with Crippen LogP contribution in [0.1, 0.15) is 24.2 Å². The second-order valence-electron chi connectivity index (χ2n) is 5.99. The molecule has 2 rings (SSSR count). The third-order valence-corrected chi connectivity index (χ3v) is 4.02. The summed E-state index contributed by atoms with van der Waals surface area (Å²) in [5.74, 6) is 0.468. The van der Waals surface area contributed by atoms with Gasteiger partial charge in [0.1, 0.15) is 0 Å². The van der Waals surface area contributed by atoms with E-state index in [4.69, 9.17) is 5.73 Å². The van der Waals surface area contributed by atoms with E-state index in [0.29, 0.717) is 19.0 Å². The summed E-state index contributed by atoms with van der Waals surface area (Å²) < 4.78 is 0. The summed E-state index contributed by atoms with van der Waals surface area (Å²) in [6.07, 6.45) is 0. The molecule has 0 unspecified atom stereocenters. The summed E-state index contributed by atoms with van der Waals surface area (Å²) in [4.78, 5) is 16.2. The van der Waals surface area contributed by atoms with Gasteiger partial charge >= 0.3 is 0 Å². The Hall–Kier alpha value is -1.55. The Bertz CT molecular complexity index is 476. The van der Waals surface area contributed by atoms with Crippen LogP contribution >= 0.6 is 0 Å². The van der Waals surface area contributed by atoms with Gasteiger partial charge in [0, 0.05) is 38.4 Å². The predicted octanol–water partition coefficient (Wildman–Crippen LogP) is 1.56. The number of hydrogen-bond acceptors (Lipinski definition) is 3. The number of hydrogen-bond donors (Lipinski definition) is 1. The maximum atomic E-state index is 12.4. The van der Waals surface area contributed by atoms with Gasteiger partial charge in [-0.3, -0.25) is 4.79 Å². The second-order valence-corrected chi connectivity index (χ2v) is 5.99. The lowest BCUT2D eigenvalue weighted by Gasteiger charge is -2.50. The Morgan fingerprint density at radius 1 is 1.37 bits per heavy atom. The fourth-order valence-electron chi connectivity index (χ4n) is 2.27. The molecule has 1 aromatic carbocycles. The quantitative estimate of drug-likeness (QED) is 0.898. The van der Waals surface area contributed by atoms with Crippen LogP contribution in [0.4, 0.5) is 5.69 Å². The van der Waals surface area contributed by atoms with Crippen molar-refractivity contribution in [3.8, 4) is 0 Å². The molecule has 1 aliphatic heterocycles. The molecule has 1 heterocycles. The fourth-order valence-corrected chi connectivity index (χ4v) is 2.27. The lowest BCUT2D eigenvalue weighted by molar-refractivity contribution is 0.0275. The lowest BCUT2D eigenvalue weighted by Crippen LogP contribution is -2.71. The zero-order valence-electron chi connectivity index (χ0n) is 12.2. The van der Waals surface area contributed by atoms with Crippen molar-refractivity contribution < 1.29 is 4.79 Å². The molecule has 1 saturated heterocycles. The highest BCUT2D eigenvalue weighted by atomic mass is 16.2. The van der Waals surface area contributed by atoms with Crippen LogP contribution < -0.4 is 10.6 Å². The average molecular weight is 261 g/mol. The van der Waals surface area contributed by atoms with Gasteiger partial charge in [-0.2, -0.15) is 0 Å². The van der Waals surface area contributed by atoms with Crippen LogP contribution in [-0.4, -0.2) is 43.5 Å². The van der Waals surface area contributed by atoms with E-state index in [0.717, 1.165) is 11.3 Å². The molecule has 0 spiro atoms. The van der Waals surface area contributed by atoms with Gasteiger partial charge in [0.25, 0.3) is 5.91 Å². The van der Waals surface area contributed by atoms with Gasteiger partial charge < -0.3 is 15.5 Å². The number of amides is 1. The van der Waals surface area contributed by atoms with Gasteiger partial charge in [-0.05, 0) is 24.1 Å². The molecule has 0 aliphatic carbocycles. The molecule has 0 saturated carbocycles. The summed E-state index contributed by atoms with van der Waals surface area (Å²) in [5.41, 5.74) is 7.78. The monoisotopic (exact) mass is 261 g/mol. The fraction of sp³-hybridized carbons (Fsp3) is 0.533. The normalized spacial score (nSPS) is 17.3. The Morgan fingerprint density at radius 3 is 2.53 bits per heavy atom. The average Bonchev–Trinajstić information content (AvgIpc) is 2.34. The van der Waals surface area contributed by atoms with Crippen LogP contribution in [0.15, 0.2) is 24.3 Å². The number of carbonyl (C=O) groups is 1. The largest absolute Gasteiger partial charge is 0.378 e. The zero-order chi connectivity index (χ0) is 14.2. The molecule has 4 heteroatoms. The summed E-state index contributed by atoms with van der Waals surface area (Å²) >= 11 is 0. The Morgan fingerprint density at radius 2 is 2.00 bits per heavy atom. The van der Waals surface area contributed by atoms with Gasteiger partial charge in [0.2, 0.25) is 0 Å². The van der Waals surface area contributed by atoms with Crippen molar-refractivity contribution in [1.82, 2.24) is 4.90 Å². The molecule has 2 N–H and O–H groups in total. The first-order valence-corrected chi connectivity index (χ1v) is 6.69. The van der Waals surface area contributed by atoms with Crippen LogP contribution in [0.2, 0.25) is 0 Å². The molecule has 4 nitrogen and oxygen atoms in total.